The van der Waals surface area contributed by atoms with Crippen LogP contribution < -0.4 is 0 Å². The van der Waals surface area contributed by atoms with Crippen LogP contribution in [0.5, 0.6) is 0 Å². The van der Waals surface area contributed by atoms with Crippen molar-refractivity contribution in [2.45, 2.75) is 38.5 Å². The first kappa shape index (κ1) is 13.1. The molecule has 7 heteroatoms. The molecule has 6 nitrogen and oxygen atoms in total. The molecule has 0 spiro atoms. The van der Waals surface area contributed by atoms with Gasteiger partial charge < -0.3 is 4.84 Å². The van der Waals surface area contributed by atoms with E-state index in [0.717, 1.165) is 5.69 Å². The Hall–Kier alpha value is -1.37. The minimum Gasteiger partial charge on any atom is -0.389 e. The molecule has 0 saturated heterocycles. The van der Waals surface area contributed by atoms with Gasteiger partial charge in [0.15, 0.2) is 14.9 Å². The summed E-state index contributed by atoms with van der Waals surface area (Å²) in [5, 5.41) is 7.95. The Bertz CT molecular complexity index is 599. The zero-order valence-corrected chi connectivity index (χ0v) is 11.8. The van der Waals surface area contributed by atoms with Gasteiger partial charge in [0.05, 0.1) is 11.4 Å². The van der Waals surface area contributed by atoms with Gasteiger partial charge in [-0.05, 0) is 20.8 Å². The van der Waals surface area contributed by atoms with E-state index in [2.05, 4.69) is 10.3 Å². The second-order valence-electron chi connectivity index (χ2n) is 5.19. The van der Waals surface area contributed by atoms with Crippen molar-refractivity contribution in [3.63, 3.8) is 0 Å². The van der Waals surface area contributed by atoms with Crippen LogP contribution in [0.1, 0.15) is 31.5 Å². The minimum atomic E-state index is -3.42. The molecule has 100 valence electrons. The van der Waals surface area contributed by atoms with E-state index >= 15 is 0 Å². The Kier molecular flexibility index (Phi) is 2.96. The summed E-state index contributed by atoms with van der Waals surface area (Å²) in [7, 11) is -1.66. The van der Waals surface area contributed by atoms with Crippen molar-refractivity contribution in [3.8, 4) is 0 Å². The largest absolute Gasteiger partial charge is 0.389 e. The van der Waals surface area contributed by atoms with Crippen molar-refractivity contribution in [2.24, 2.45) is 12.2 Å². The van der Waals surface area contributed by atoms with E-state index in [1.54, 1.807) is 24.9 Å². The predicted octanol–water partition coefficient (Wildman–Crippen LogP) is 1.16. The van der Waals surface area contributed by atoms with E-state index in [1.165, 1.54) is 0 Å². The molecule has 2 heterocycles. The van der Waals surface area contributed by atoms with Crippen molar-refractivity contribution < 1.29 is 13.3 Å². The molecular formula is C11H17N3O3S. The molecule has 2 rings (SSSR count). The van der Waals surface area contributed by atoms with Gasteiger partial charge in [0.2, 0.25) is 0 Å². The van der Waals surface area contributed by atoms with E-state index < -0.39 is 15.4 Å². The molecule has 0 saturated carbocycles. The molecule has 18 heavy (non-hydrogen) atoms. The Labute approximate surface area is 107 Å². The van der Waals surface area contributed by atoms with Crippen LogP contribution in [0.15, 0.2) is 11.4 Å². The Balaban J connectivity index is 2.21. The molecule has 0 N–H and O–H groups in total. The average Bonchev–Trinajstić information content (AvgIpc) is 2.70. The van der Waals surface area contributed by atoms with Crippen LogP contribution in [0.3, 0.4) is 0 Å². The normalized spacial score (nSPS) is 18.6. The Morgan fingerprint density at radius 1 is 1.50 bits per heavy atom. The molecule has 0 aromatic carbocycles. The lowest BCUT2D eigenvalue weighted by molar-refractivity contribution is 0.0123. The van der Waals surface area contributed by atoms with E-state index in [4.69, 9.17) is 4.84 Å². The van der Waals surface area contributed by atoms with Crippen LogP contribution in [0.4, 0.5) is 0 Å². The van der Waals surface area contributed by atoms with Gasteiger partial charge in [-0.3, -0.25) is 4.68 Å². The van der Waals surface area contributed by atoms with Gasteiger partial charge in [0, 0.05) is 25.2 Å². The number of hydrogen-bond acceptors (Lipinski definition) is 5. The van der Waals surface area contributed by atoms with Crippen molar-refractivity contribution in [3.05, 3.63) is 17.5 Å². The van der Waals surface area contributed by atoms with E-state index in [0.29, 0.717) is 12.0 Å². The van der Waals surface area contributed by atoms with Gasteiger partial charge in [0.1, 0.15) is 5.60 Å². The van der Waals surface area contributed by atoms with Crippen LogP contribution in [-0.2, 0) is 27.5 Å². The zero-order valence-electron chi connectivity index (χ0n) is 11.0. The molecule has 0 fully saturated rings. The fourth-order valence-electron chi connectivity index (χ4n) is 1.85. The van der Waals surface area contributed by atoms with Crippen LogP contribution in [0.25, 0.3) is 0 Å². The monoisotopic (exact) mass is 271 g/mol. The molecule has 1 aliphatic rings. The highest BCUT2D eigenvalue weighted by molar-refractivity contribution is 8.05. The minimum absolute atomic E-state index is 0.0784. The van der Waals surface area contributed by atoms with Crippen molar-refractivity contribution in [1.29, 1.82) is 0 Å². The van der Waals surface area contributed by atoms with Crippen LogP contribution >= 0.6 is 0 Å². The number of sulfone groups is 1. The number of aryl methyl sites for hydroxylation is 2. The summed E-state index contributed by atoms with van der Waals surface area (Å²) in [6.45, 7) is 5.42. The smallest absolute Gasteiger partial charge is 0.199 e. The van der Waals surface area contributed by atoms with E-state index in [-0.39, 0.29) is 10.8 Å². The van der Waals surface area contributed by atoms with Crippen molar-refractivity contribution >= 4 is 14.9 Å². The summed E-state index contributed by atoms with van der Waals surface area (Å²) < 4.78 is 26.0. The SMILES string of the molecule is Cc1nn(C)cc1CS(=O)(=O)C1=NOC(C)(C)C1. The zero-order chi connectivity index (χ0) is 13.6. The molecule has 0 radical (unpaired) electrons. The second-order valence-corrected chi connectivity index (χ2v) is 7.17. The van der Waals surface area contributed by atoms with Gasteiger partial charge in [0.25, 0.3) is 0 Å². The highest BCUT2D eigenvalue weighted by Crippen LogP contribution is 2.26. The highest BCUT2D eigenvalue weighted by Gasteiger charge is 2.36. The summed E-state index contributed by atoms with van der Waals surface area (Å²) in [5.41, 5.74) is 0.886. The lowest BCUT2D eigenvalue weighted by Crippen LogP contribution is -2.23. The molecule has 0 unspecified atom stereocenters. The molecule has 0 atom stereocenters. The summed E-state index contributed by atoms with van der Waals surface area (Å²) >= 11 is 0. The Morgan fingerprint density at radius 3 is 2.61 bits per heavy atom. The van der Waals surface area contributed by atoms with Crippen molar-refractivity contribution in [1.82, 2.24) is 9.78 Å². The molecular weight excluding hydrogens is 254 g/mol. The van der Waals surface area contributed by atoms with Crippen molar-refractivity contribution in [2.75, 3.05) is 0 Å². The molecule has 1 aromatic rings. The van der Waals surface area contributed by atoms with Gasteiger partial charge in [-0.15, -0.1) is 0 Å². The maximum absolute atomic E-state index is 12.2. The molecule has 1 aromatic heterocycles. The molecule has 1 aliphatic heterocycles. The third-order valence-corrected chi connectivity index (χ3v) is 4.42. The van der Waals surface area contributed by atoms with Crippen LogP contribution in [0, 0.1) is 6.92 Å². The summed E-state index contributed by atoms with van der Waals surface area (Å²) in [5.74, 6) is -0.0784. The van der Waals surface area contributed by atoms with Gasteiger partial charge in [-0.1, -0.05) is 5.16 Å². The summed E-state index contributed by atoms with van der Waals surface area (Å²) in [6, 6.07) is 0. The average molecular weight is 271 g/mol. The van der Waals surface area contributed by atoms with Crippen LogP contribution in [-0.4, -0.2) is 28.8 Å². The third-order valence-electron chi connectivity index (χ3n) is 2.79. The highest BCUT2D eigenvalue weighted by atomic mass is 32.2. The first-order valence-corrected chi connectivity index (χ1v) is 7.32. The number of rotatable bonds is 2. The lowest BCUT2D eigenvalue weighted by atomic mass is 10.1. The summed E-state index contributed by atoms with van der Waals surface area (Å²) in [6.07, 6.45) is 2.03. The first-order chi connectivity index (χ1) is 8.20. The fraction of sp³-hybridized carbons (Fsp3) is 0.636. The Morgan fingerprint density at radius 2 is 2.17 bits per heavy atom. The third kappa shape index (κ3) is 2.55. The lowest BCUT2D eigenvalue weighted by Gasteiger charge is -2.13. The topological polar surface area (TPSA) is 73.5 Å². The number of aromatic nitrogens is 2. The maximum Gasteiger partial charge on any atom is 0.199 e. The quantitative estimate of drug-likeness (QED) is 0.809. The van der Waals surface area contributed by atoms with Gasteiger partial charge in [-0.2, -0.15) is 5.10 Å². The predicted molar refractivity (Wildman–Crippen MR) is 67.8 cm³/mol. The number of nitrogens with zero attached hydrogens (tertiary/aromatic N) is 3. The maximum atomic E-state index is 12.2. The first-order valence-electron chi connectivity index (χ1n) is 5.66. The number of hydrogen-bond donors (Lipinski definition) is 0. The van der Waals surface area contributed by atoms with Gasteiger partial charge >= 0.3 is 0 Å². The summed E-state index contributed by atoms with van der Waals surface area (Å²) in [4.78, 5) is 5.10. The second kappa shape index (κ2) is 4.08. The molecule has 0 aliphatic carbocycles. The molecule has 0 amide bonds. The van der Waals surface area contributed by atoms with E-state index in [1.807, 2.05) is 13.8 Å². The van der Waals surface area contributed by atoms with Gasteiger partial charge in [-0.25, -0.2) is 8.42 Å². The standard InChI is InChI=1S/C11H17N3O3S/c1-8-9(6-14(4)12-8)7-18(15,16)10-5-11(2,3)17-13-10/h6H,5,7H2,1-4H3. The van der Waals surface area contributed by atoms with Crippen LogP contribution in [0.2, 0.25) is 0 Å². The molecule has 0 bridgehead atoms. The van der Waals surface area contributed by atoms with E-state index in [9.17, 15) is 8.42 Å². The number of oxime groups is 1. The fourth-order valence-corrected chi connectivity index (χ4v) is 3.43.